The topological polar surface area (TPSA) is 38.7 Å². The van der Waals surface area contributed by atoms with Gasteiger partial charge in [-0.2, -0.15) is 0 Å². The predicted molar refractivity (Wildman–Crippen MR) is 252 cm³/mol. The van der Waals surface area contributed by atoms with Gasteiger partial charge in [-0.1, -0.05) is 147 Å². The third-order valence-electron chi connectivity index (χ3n) is 9.67. The Balaban J connectivity index is 0.000000152. The van der Waals surface area contributed by atoms with E-state index < -0.39 is 0 Å². The van der Waals surface area contributed by atoms with Crippen LogP contribution in [0.3, 0.4) is 0 Å². The minimum atomic E-state index is 0. The Morgan fingerprint density at radius 2 is 0.607 bits per heavy atom. The first kappa shape index (κ1) is 43.2. The first-order valence-electron chi connectivity index (χ1n) is 19.6. The SMILES string of the molecule is C=Cc1ccc(-c2cc[c-]c(-c3ccccn3)c2)cc1.C=Cc1ccc(-c2cc[c-]c(-c3ccccn3)c2)cc1.C=Cc1ccc(-c2cc[c-]c(-c3ccccn3)c2)cc1.[Ir+3]. The Labute approximate surface area is 373 Å². The van der Waals surface area contributed by atoms with Crippen LogP contribution in [0.15, 0.2) is 220 Å². The van der Waals surface area contributed by atoms with Crippen molar-refractivity contribution in [3.8, 4) is 67.2 Å². The Kier molecular flexibility index (Phi) is 15.7. The van der Waals surface area contributed by atoms with E-state index in [0.717, 1.165) is 50.5 Å². The number of pyridine rings is 3. The number of rotatable bonds is 9. The van der Waals surface area contributed by atoms with E-state index >= 15 is 0 Å². The van der Waals surface area contributed by atoms with Gasteiger partial charge in [0, 0.05) is 18.6 Å². The zero-order chi connectivity index (χ0) is 41.4. The molecule has 4 heteroatoms. The van der Waals surface area contributed by atoms with Gasteiger partial charge in [0.2, 0.25) is 0 Å². The average molecular weight is 961 g/mol. The third kappa shape index (κ3) is 11.9. The van der Waals surface area contributed by atoms with Gasteiger partial charge in [-0.15, -0.1) is 106 Å². The molecular weight excluding hydrogens is 919 g/mol. The van der Waals surface area contributed by atoms with Crippen LogP contribution in [-0.4, -0.2) is 15.0 Å². The summed E-state index contributed by atoms with van der Waals surface area (Å²) in [6.07, 6.45) is 10.9. The molecule has 6 aromatic carbocycles. The molecule has 0 atom stereocenters. The Morgan fingerprint density at radius 1 is 0.328 bits per heavy atom. The summed E-state index contributed by atoms with van der Waals surface area (Å²) in [6.45, 7) is 11.3. The smallest absolute Gasteiger partial charge is 0.305 e. The maximum absolute atomic E-state index is 4.37. The normalized spacial score (nSPS) is 10.0. The molecule has 0 aliphatic rings. The second-order valence-electron chi connectivity index (χ2n) is 13.6. The van der Waals surface area contributed by atoms with Gasteiger partial charge in [0.25, 0.3) is 0 Å². The van der Waals surface area contributed by atoms with Gasteiger partial charge < -0.3 is 15.0 Å². The largest absolute Gasteiger partial charge is 3.00 e. The van der Waals surface area contributed by atoms with E-state index in [-0.39, 0.29) is 20.1 Å². The van der Waals surface area contributed by atoms with E-state index in [1.807, 2.05) is 91.0 Å². The maximum Gasteiger partial charge on any atom is 3.00 e. The van der Waals surface area contributed by atoms with Crippen molar-refractivity contribution in [3.63, 3.8) is 0 Å². The van der Waals surface area contributed by atoms with Crippen molar-refractivity contribution in [2.24, 2.45) is 0 Å². The van der Waals surface area contributed by atoms with Crippen molar-refractivity contribution in [1.82, 2.24) is 15.0 Å². The molecule has 0 bridgehead atoms. The van der Waals surface area contributed by atoms with E-state index in [1.165, 1.54) is 33.4 Å². The molecule has 0 unspecified atom stereocenters. The molecule has 0 saturated carbocycles. The Hall–Kier alpha value is -7.36. The zero-order valence-electron chi connectivity index (χ0n) is 33.6. The fraction of sp³-hybridized carbons (Fsp3) is 0. The second kappa shape index (κ2) is 22.1. The van der Waals surface area contributed by atoms with E-state index in [4.69, 9.17) is 0 Å². The van der Waals surface area contributed by atoms with Gasteiger partial charge in [0.1, 0.15) is 0 Å². The van der Waals surface area contributed by atoms with E-state index in [0.29, 0.717) is 0 Å². The summed E-state index contributed by atoms with van der Waals surface area (Å²) in [6, 6.07) is 70.8. The van der Waals surface area contributed by atoms with Gasteiger partial charge >= 0.3 is 20.1 Å². The molecule has 9 aromatic rings. The minimum Gasteiger partial charge on any atom is -0.305 e. The fourth-order valence-electron chi connectivity index (χ4n) is 6.38. The predicted octanol–water partition coefficient (Wildman–Crippen LogP) is 14.6. The van der Waals surface area contributed by atoms with Crippen LogP contribution in [0.4, 0.5) is 0 Å². The molecule has 294 valence electrons. The third-order valence-corrected chi connectivity index (χ3v) is 9.67. The first-order valence-corrected chi connectivity index (χ1v) is 19.6. The summed E-state index contributed by atoms with van der Waals surface area (Å²) in [5.74, 6) is 0. The van der Waals surface area contributed by atoms with Crippen molar-refractivity contribution in [2.75, 3.05) is 0 Å². The van der Waals surface area contributed by atoms with E-state index in [9.17, 15) is 0 Å². The van der Waals surface area contributed by atoms with Crippen molar-refractivity contribution >= 4 is 18.2 Å². The van der Waals surface area contributed by atoms with E-state index in [2.05, 4.69) is 162 Å². The van der Waals surface area contributed by atoms with Crippen LogP contribution in [0, 0.1) is 18.2 Å². The summed E-state index contributed by atoms with van der Waals surface area (Å²) in [5, 5.41) is 0. The van der Waals surface area contributed by atoms with Gasteiger partial charge in [-0.05, 0) is 68.7 Å². The molecule has 0 spiro atoms. The molecule has 0 aliphatic heterocycles. The molecule has 9 rings (SSSR count). The second-order valence-corrected chi connectivity index (χ2v) is 13.6. The molecule has 0 radical (unpaired) electrons. The summed E-state index contributed by atoms with van der Waals surface area (Å²) in [4.78, 5) is 13.1. The summed E-state index contributed by atoms with van der Waals surface area (Å²) < 4.78 is 0. The minimum absolute atomic E-state index is 0. The quantitative estimate of drug-likeness (QED) is 0.135. The van der Waals surface area contributed by atoms with Gasteiger partial charge in [-0.3, -0.25) is 0 Å². The zero-order valence-corrected chi connectivity index (χ0v) is 36.0. The number of hydrogen-bond acceptors (Lipinski definition) is 3. The fourth-order valence-corrected chi connectivity index (χ4v) is 6.38. The summed E-state index contributed by atoms with van der Waals surface area (Å²) >= 11 is 0. The van der Waals surface area contributed by atoms with Crippen LogP contribution in [0.2, 0.25) is 0 Å². The van der Waals surface area contributed by atoms with Crippen molar-refractivity contribution in [3.05, 3.63) is 255 Å². The average Bonchev–Trinajstić information content (AvgIpc) is 3.35. The molecule has 3 heterocycles. The van der Waals surface area contributed by atoms with Crippen LogP contribution >= 0.6 is 0 Å². The van der Waals surface area contributed by atoms with Gasteiger partial charge in [0.05, 0.1) is 0 Å². The van der Waals surface area contributed by atoms with Crippen LogP contribution in [0.25, 0.3) is 85.4 Å². The Morgan fingerprint density at radius 3 is 0.836 bits per heavy atom. The molecule has 0 saturated heterocycles. The van der Waals surface area contributed by atoms with Gasteiger partial charge in [0.15, 0.2) is 0 Å². The Bertz CT molecular complexity index is 2450. The van der Waals surface area contributed by atoms with Crippen LogP contribution < -0.4 is 0 Å². The summed E-state index contributed by atoms with van der Waals surface area (Å²) in [5.41, 5.74) is 16.3. The van der Waals surface area contributed by atoms with Crippen LogP contribution in [-0.2, 0) is 20.1 Å². The van der Waals surface area contributed by atoms with E-state index in [1.54, 1.807) is 18.6 Å². The summed E-state index contributed by atoms with van der Waals surface area (Å²) in [7, 11) is 0. The standard InChI is InChI=1S/3C19H14N.Ir/c3*1-2-15-9-11-16(12-10-15)17-6-5-7-18(14-17)19-8-3-4-13-20-19;/h3*2-6,8-14H,1H2;/q3*-1;+3. The number of benzene rings is 6. The maximum atomic E-state index is 4.37. The van der Waals surface area contributed by atoms with Crippen molar-refractivity contribution < 1.29 is 20.1 Å². The van der Waals surface area contributed by atoms with Crippen LogP contribution in [0.5, 0.6) is 0 Å². The molecule has 3 nitrogen and oxygen atoms in total. The van der Waals surface area contributed by atoms with Gasteiger partial charge in [-0.25, -0.2) is 0 Å². The van der Waals surface area contributed by atoms with Crippen molar-refractivity contribution in [1.29, 1.82) is 0 Å². The number of aromatic nitrogens is 3. The molecular formula is C57H42IrN3. The van der Waals surface area contributed by atoms with Crippen molar-refractivity contribution in [2.45, 2.75) is 0 Å². The molecule has 0 amide bonds. The molecule has 61 heavy (non-hydrogen) atoms. The molecule has 0 fully saturated rings. The monoisotopic (exact) mass is 961 g/mol. The number of nitrogens with zero attached hydrogens (tertiary/aromatic N) is 3. The first-order chi connectivity index (χ1) is 29.6. The molecule has 0 aliphatic carbocycles. The van der Waals surface area contributed by atoms with Crippen LogP contribution in [0.1, 0.15) is 16.7 Å². The number of hydrogen-bond donors (Lipinski definition) is 0. The molecule has 3 aromatic heterocycles. The molecule has 0 N–H and O–H groups in total.